The number of hydrogen-bond acceptors (Lipinski definition) is 17. The zero-order chi connectivity index (χ0) is 56.8. The molecule has 0 fully saturated rings. The van der Waals surface area contributed by atoms with Gasteiger partial charge in [0.05, 0.1) is 70.8 Å². The molecule has 1 atom stereocenters. The largest absolute Gasteiger partial charge is 1.00 e. The Morgan fingerprint density at radius 2 is 1.35 bits per heavy atom. The van der Waals surface area contributed by atoms with Gasteiger partial charge in [0.2, 0.25) is 22.7 Å². The van der Waals surface area contributed by atoms with Crippen molar-refractivity contribution in [3.63, 3.8) is 0 Å². The van der Waals surface area contributed by atoms with Gasteiger partial charge in [-0.3, -0.25) is 4.79 Å². The van der Waals surface area contributed by atoms with Crippen LogP contribution in [0.4, 0.5) is 23.2 Å². The summed E-state index contributed by atoms with van der Waals surface area (Å²) in [6.45, 7) is 10.8. The Morgan fingerprint density at radius 3 is 1.95 bits per heavy atom. The van der Waals surface area contributed by atoms with Crippen LogP contribution in [0.25, 0.3) is 17.4 Å². The van der Waals surface area contributed by atoms with Crippen LogP contribution in [-0.2, 0) is 64.9 Å². The van der Waals surface area contributed by atoms with Crippen molar-refractivity contribution in [1.29, 1.82) is 0 Å². The fraction of sp³-hybridized carbons (Fsp3) is 0.500. The van der Waals surface area contributed by atoms with Gasteiger partial charge in [0.25, 0.3) is 0 Å². The summed E-state index contributed by atoms with van der Waals surface area (Å²) in [4.78, 5) is 13.8. The number of ether oxygens (including phenoxy) is 5. The molecule has 5 rings (SSSR count). The monoisotopic (exact) mass is 1190 g/mol. The molecule has 2 aromatic carbocycles. The number of nitrogens with zero attached hydrogens (tertiary/aromatic N) is 2. The number of unbranched alkanes of at least 4 members (excludes halogenated alkanes) is 2. The minimum absolute atomic E-state index is 0. The predicted molar refractivity (Wildman–Crippen MR) is 273 cm³/mol. The summed E-state index contributed by atoms with van der Waals surface area (Å²) in [6, 6.07) is 11.1. The third-order valence-corrected chi connectivity index (χ3v) is 14.9. The number of methoxy groups -OCH3 is 1. The molecule has 0 N–H and O–H groups in total. The molecule has 1 aliphatic carbocycles. The van der Waals surface area contributed by atoms with E-state index in [4.69, 9.17) is 23.4 Å². The number of benzene rings is 3. The van der Waals surface area contributed by atoms with Crippen LogP contribution in [0.15, 0.2) is 75.7 Å². The molecule has 2 aliphatic heterocycles. The molecule has 18 nitrogen and oxygen atoms in total. The van der Waals surface area contributed by atoms with Crippen LogP contribution in [0, 0.1) is 23.3 Å². The molecule has 27 heteroatoms. The van der Waals surface area contributed by atoms with Crippen LogP contribution >= 0.6 is 0 Å². The van der Waals surface area contributed by atoms with E-state index in [2.05, 4.69) is 4.74 Å². The summed E-state index contributed by atoms with van der Waals surface area (Å²) in [6.07, 6.45) is 5.45. The van der Waals surface area contributed by atoms with Gasteiger partial charge < -0.3 is 46.7 Å². The van der Waals surface area contributed by atoms with Crippen LogP contribution in [0.5, 0.6) is 5.75 Å². The van der Waals surface area contributed by atoms with Gasteiger partial charge in [-0.1, -0.05) is 39.3 Å². The van der Waals surface area contributed by atoms with Gasteiger partial charge in [-0.05, 0) is 80.1 Å². The van der Waals surface area contributed by atoms with Crippen molar-refractivity contribution in [2.24, 2.45) is 0 Å². The maximum absolute atomic E-state index is 14.2. The van der Waals surface area contributed by atoms with E-state index >= 15 is 0 Å². The Hall–Kier alpha value is -3.09. The molecule has 0 aromatic heterocycles. The number of carbonyl (C=O) groups is 1. The maximum atomic E-state index is 14.2. The van der Waals surface area contributed by atoms with Gasteiger partial charge in [-0.2, -0.15) is 8.78 Å². The van der Waals surface area contributed by atoms with E-state index in [1.807, 2.05) is 48.4 Å². The van der Waals surface area contributed by atoms with Crippen molar-refractivity contribution in [2.75, 3.05) is 89.4 Å². The molecule has 0 amide bonds. The fourth-order valence-corrected chi connectivity index (χ4v) is 10.1. The smallest absolute Gasteiger partial charge is 0.748 e. The van der Waals surface area contributed by atoms with Crippen molar-refractivity contribution in [1.82, 2.24) is 4.58 Å². The minimum Gasteiger partial charge on any atom is -0.748 e. The van der Waals surface area contributed by atoms with Crippen molar-refractivity contribution >= 4 is 48.1 Å². The third kappa shape index (κ3) is 21.2. The Morgan fingerprint density at radius 1 is 0.747 bits per heavy atom. The zero-order valence-corrected chi connectivity index (χ0v) is 51.9. The van der Waals surface area contributed by atoms with Gasteiger partial charge in [-0.25, -0.2) is 38.6 Å². The maximum Gasteiger partial charge on any atom is 1.00 e. The fourth-order valence-electron chi connectivity index (χ4n) is 8.62. The topological polar surface area (TPSA) is 254 Å². The molecule has 79 heavy (non-hydrogen) atoms. The van der Waals surface area contributed by atoms with E-state index < -0.39 is 99.0 Å². The first kappa shape index (κ1) is 70.2. The van der Waals surface area contributed by atoms with Crippen LogP contribution in [0.3, 0.4) is 0 Å². The molecule has 0 saturated heterocycles. The van der Waals surface area contributed by atoms with E-state index in [1.165, 1.54) is 12.1 Å². The van der Waals surface area contributed by atoms with Crippen molar-refractivity contribution in [3.05, 3.63) is 112 Å². The number of carbonyl (C=O) groups excluding carboxylic acids is 1. The second kappa shape index (κ2) is 31.5. The first-order valence-electron chi connectivity index (χ1n) is 24.7. The average Bonchev–Trinajstić information content (AvgIpc) is 3.71. The average molecular weight is 1190 g/mol. The zero-order valence-electron chi connectivity index (χ0n) is 45.4. The van der Waals surface area contributed by atoms with E-state index in [9.17, 15) is 61.3 Å². The Labute approximate surface area is 503 Å². The van der Waals surface area contributed by atoms with E-state index in [1.54, 1.807) is 38.3 Å². The molecule has 2 aromatic rings. The van der Waals surface area contributed by atoms with Gasteiger partial charge in [0.15, 0.2) is 18.2 Å². The second-order valence-corrected chi connectivity index (χ2v) is 23.8. The number of fused-ring (bicyclic) bond motifs is 2. The molecule has 0 radical (unpaired) electrons. The Bertz CT molecular complexity index is 3130. The number of hydrogen-bond donors (Lipinski definition) is 0. The molecule has 3 aliphatic rings. The summed E-state index contributed by atoms with van der Waals surface area (Å²) >= 11 is 0. The van der Waals surface area contributed by atoms with Crippen molar-refractivity contribution in [2.45, 2.75) is 88.4 Å². The summed E-state index contributed by atoms with van der Waals surface area (Å²) in [5, 5.41) is 0.650. The van der Waals surface area contributed by atoms with Crippen molar-refractivity contribution < 1.29 is 148 Å². The summed E-state index contributed by atoms with van der Waals surface area (Å²) in [7, 11) is -12.6. The molecular weight excluding hydrogens is 1130 g/mol. The van der Waals surface area contributed by atoms with Gasteiger partial charge >= 0.3 is 65.1 Å². The molecule has 0 bridgehead atoms. The van der Waals surface area contributed by atoms with E-state index in [0.717, 1.165) is 6.07 Å². The molecule has 2 heterocycles. The summed E-state index contributed by atoms with van der Waals surface area (Å²) < 4.78 is 198. The summed E-state index contributed by atoms with van der Waals surface area (Å²) in [5.41, 5.74) is 0.956. The SMILES string of the molecule is COCCOCCOCCOCC[N+](CCCS(=O)(=O)[O-])=c1ccc2c(/C=C/C=C3\N(CCCCCC(=O)Oc4c(F)c(F)cc(F)c4F)c4ccc(S(=O)(=O)[O-])cc4C3(C)CCCS(=O)(=O)[O-])cc(C(C)(C)C)oc-2c1.[Na+].[Na+]. The normalized spacial score (nSPS) is 15.8. The number of anilines is 1. The number of halogens is 4. The van der Waals surface area contributed by atoms with E-state index in [-0.39, 0.29) is 124 Å². The molecule has 0 spiro atoms. The van der Waals surface area contributed by atoms with Gasteiger partial charge in [0.1, 0.15) is 34.8 Å². The molecule has 0 saturated carbocycles. The molecule has 1 unspecified atom stereocenters. The third-order valence-electron chi connectivity index (χ3n) is 12.5. The van der Waals surface area contributed by atoms with Gasteiger partial charge in [-0.15, -0.1) is 0 Å². The quantitative estimate of drug-likeness (QED) is 0.0102. The Balaban J connectivity index is 0.00000820. The Kier molecular flexibility index (Phi) is 28.0. The molecular formula is C52H64F4N2Na2O16S3. The van der Waals surface area contributed by atoms with E-state index in [0.29, 0.717) is 91.0 Å². The predicted octanol–water partition coefficient (Wildman–Crippen LogP) is 0.721. The molecule has 426 valence electrons. The van der Waals surface area contributed by atoms with Crippen molar-refractivity contribution in [3.8, 4) is 17.1 Å². The number of rotatable bonds is 30. The van der Waals surface area contributed by atoms with Crippen LogP contribution in [0.2, 0.25) is 0 Å². The van der Waals surface area contributed by atoms with Crippen LogP contribution < -0.4 is 78.7 Å². The first-order chi connectivity index (χ1) is 36.1. The van der Waals surface area contributed by atoms with Crippen LogP contribution in [0.1, 0.15) is 89.5 Å². The minimum atomic E-state index is -4.99. The summed E-state index contributed by atoms with van der Waals surface area (Å²) in [5.74, 6) is -10.2. The first-order valence-corrected chi connectivity index (χ1v) is 29.3. The number of esters is 1. The van der Waals surface area contributed by atoms with Crippen LogP contribution in [-0.4, -0.2) is 129 Å². The second-order valence-electron chi connectivity index (χ2n) is 19.4. The standard InChI is InChI=1S/C52H66F4N2O16S3.2Na/c1-51(2,3)46-32-36(39-17-15-37(33-44(39)73-46)57(20-11-31-76(63,64)65)22-23-70-26-27-72-29-28-71-25-24-69-5)12-9-13-45-52(4,19-10-30-75(60,61)62)40-34-38(77(66,67)68)16-18-43(40)58(45)21-8-6-7-14-47(59)74-50-48(55)41(53)35-42(54)49(50)56;;/h9,12-13,15-18,32-35H,6-8,10-11,14,19-31H2,1-5H3,(H2-,60,61,62,63,64,65,66,67,68);;/q;2*+1/p-2. The number of allylic oxidation sites excluding steroid dienone is 3. The van der Waals surface area contributed by atoms with Gasteiger partial charge in [0, 0.05) is 77.9 Å².